The van der Waals surface area contributed by atoms with E-state index in [4.69, 9.17) is 0 Å². The first-order chi connectivity index (χ1) is 8.93. The number of anilines is 1. The third-order valence-electron chi connectivity index (χ3n) is 4.73. The zero-order valence-corrected chi connectivity index (χ0v) is 13.5. The van der Waals surface area contributed by atoms with E-state index in [1.54, 1.807) is 0 Å². The molecule has 0 heterocycles. The fraction of sp³-hybridized carbons (Fsp3) is 0.562. The van der Waals surface area contributed by atoms with Crippen LogP contribution in [0.15, 0.2) is 28.7 Å². The highest BCUT2D eigenvalue weighted by Gasteiger charge is 2.47. The molecule has 2 nitrogen and oxygen atoms in total. The van der Waals surface area contributed by atoms with Gasteiger partial charge in [-0.25, -0.2) is 0 Å². The minimum absolute atomic E-state index is 0.134. The molecule has 0 spiro atoms. The van der Waals surface area contributed by atoms with E-state index in [1.807, 2.05) is 24.3 Å². The highest BCUT2D eigenvalue weighted by atomic mass is 79.9. The van der Waals surface area contributed by atoms with Crippen LogP contribution in [0.2, 0.25) is 0 Å². The van der Waals surface area contributed by atoms with Crippen LogP contribution in [0.4, 0.5) is 5.69 Å². The number of carbonyl (C=O) groups excluding carboxylic acids is 1. The van der Waals surface area contributed by atoms with Crippen molar-refractivity contribution < 1.29 is 4.79 Å². The molecule has 0 bridgehead atoms. The summed E-state index contributed by atoms with van der Waals surface area (Å²) < 4.78 is 1.02. The van der Waals surface area contributed by atoms with Gasteiger partial charge < -0.3 is 5.32 Å². The van der Waals surface area contributed by atoms with Crippen molar-refractivity contribution in [1.82, 2.24) is 0 Å². The first-order valence-electron chi connectivity index (χ1n) is 6.99. The van der Waals surface area contributed by atoms with E-state index in [2.05, 4.69) is 42.0 Å². The lowest BCUT2D eigenvalue weighted by atomic mass is 9.53. The maximum atomic E-state index is 12.1. The van der Waals surface area contributed by atoms with E-state index >= 15 is 0 Å². The van der Waals surface area contributed by atoms with Crippen molar-refractivity contribution in [2.75, 3.05) is 5.32 Å². The Labute approximate surface area is 124 Å². The summed E-state index contributed by atoms with van der Waals surface area (Å²) in [6.07, 6.45) is 3.05. The summed E-state index contributed by atoms with van der Waals surface area (Å²) in [5.74, 6) is 1.43. The van der Waals surface area contributed by atoms with Crippen LogP contribution in [0.25, 0.3) is 0 Å². The molecule has 1 fully saturated rings. The molecule has 0 radical (unpaired) electrons. The first-order valence-corrected chi connectivity index (χ1v) is 7.78. The van der Waals surface area contributed by atoms with Crippen molar-refractivity contribution >= 4 is 27.5 Å². The van der Waals surface area contributed by atoms with Crippen molar-refractivity contribution in [3.8, 4) is 0 Å². The lowest BCUT2D eigenvalue weighted by Crippen LogP contribution is -2.45. The predicted molar refractivity (Wildman–Crippen MR) is 83.1 cm³/mol. The van der Waals surface area contributed by atoms with Crippen molar-refractivity contribution in [2.24, 2.45) is 17.3 Å². The molecule has 104 valence electrons. The van der Waals surface area contributed by atoms with E-state index in [0.717, 1.165) is 16.1 Å². The highest BCUT2D eigenvalue weighted by molar-refractivity contribution is 9.10. The van der Waals surface area contributed by atoms with Crippen LogP contribution in [0.5, 0.6) is 0 Å². The number of carbonyl (C=O) groups is 1. The van der Waals surface area contributed by atoms with Crippen molar-refractivity contribution in [3.63, 3.8) is 0 Å². The van der Waals surface area contributed by atoms with Gasteiger partial charge in [0.1, 0.15) is 0 Å². The van der Waals surface area contributed by atoms with Crippen molar-refractivity contribution in [3.05, 3.63) is 28.7 Å². The molecule has 0 aromatic heterocycles. The molecule has 2 atom stereocenters. The number of rotatable bonds is 4. The van der Waals surface area contributed by atoms with Gasteiger partial charge in [0.15, 0.2) is 0 Å². The molecule has 1 aliphatic rings. The second kappa shape index (κ2) is 5.66. The molecule has 1 N–H and O–H groups in total. The lowest BCUT2D eigenvalue weighted by Gasteiger charge is -2.52. The molecule has 1 aromatic rings. The van der Waals surface area contributed by atoms with Crippen LogP contribution < -0.4 is 5.32 Å². The molecule has 1 aromatic carbocycles. The Kier molecular flexibility index (Phi) is 4.34. The Hall–Kier alpha value is -0.830. The molecule has 0 saturated heterocycles. The number of hydrogen-bond acceptors (Lipinski definition) is 1. The van der Waals surface area contributed by atoms with Gasteiger partial charge in [-0.3, -0.25) is 4.79 Å². The molecule has 1 saturated carbocycles. The summed E-state index contributed by atoms with van der Waals surface area (Å²) in [5.41, 5.74) is 1.18. The van der Waals surface area contributed by atoms with E-state index < -0.39 is 0 Å². The minimum atomic E-state index is 0.134. The number of amides is 1. The average Bonchev–Trinajstić information content (AvgIpc) is 2.37. The molecular formula is C16H22BrNO. The predicted octanol–water partition coefficient (Wildman–Crippen LogP) is 4.85. The van der Waals surface area contributed by atoms with Gasteiger partial charge in [0, 0.05) is 16.6 Å². The Bertz CT molecular complexity index is 452. The quantitative estimate of drug-likeness (QED) is 0.843. The van der Waals surface area contributed by atoms with Gasteiger partial charge in [-0.05, 0) is 47.9 Å². The van der Waals surface area contributed by atoms with Crippen LogP contribution in [0.3, 0.4) is 0 Å². The van der Waals surface area contributed by atoms with E-state index in [-0.39, 0.29) is 5.91 Å². The Morgan fingerprint density at radius 2 is 1.95 bits per heavy atom. The number of halogens is 1. The summed E-state index contributed by atoms with van der Waals surface area (Å²) in [6.45, 7) is 6.83. The summed E-state index contributed by atoms with van der Waals surface area (Å²) in [6, 6.07) is 7.72. The fourth-order valence-electron chi connectivity index (χ4n) is 3.13. The monoisotopic (exact) mass is 323 g/mol. The lowest BCUT2D eigenvalue weighted by molar-refractivity contribution is -0.122. The topological polar surface area (TPSA) is 29.1 Å². The second-order valence-electron chi connectivity index (χ2n) is 6.12. The van der Waals surface area contributed by atoms with E-state index in [0.29, 0.717) is 17.8 Å². The van der Waals surface area contributed by atoms with Gasteiger partial charge in [-0.1, -0.05) is 43.1 Å². The van der Waals surface area contributed by atoms with Crippen LogP contribution in [-0.4, -0.2) is 5.91 Å². The van der Waals surface area contributed by atoms with Gasteiger partial charge in [-0.15, -0.1) is 0 Å². The summed E-state index contributed by atoms with van der Waals surface area (Å²) >= 11 is 3.39. The Morgan fingerprint density at radius 1 is 1.32 bits per heavy atom. The standard InChI is InChI=1S/C16H22BrNO/c1-4-11-9-12(16(11,2)3)10-15(19)18-14-7-5-13(17)6-8-14/h5-8,11-12H,4,9-10H2,1-3H3,(H,18,19). The number of hydrogen-bond donors (Lipinski definition) is 1. The zero-order chi connectivity index (χ0) is 14.0. The molecule has 3 heteroatoms. The van der Waals surface area contributed by atoms with Crippen LogP contribution in [-0.2, 0) is 4.79 Å². The number of nitrogens with one attached hydrogen (secondary N) is 1. The molecular weight excluding hydrogens is 302 g/mol. The first kappa shape index (κ1) is 14.6. The Balaban J connectivity index is 1.87. The van der Waals surface area contributed by atoms with E-state index in [1.165, 1.54) is 12.8 Å². The van der Waals surface area contributed by atoms with Gasteiger partial charge >= 0.3 is 0 Å². The maximum absolute atomic E-state index is 12.1. The fourth-order valence-corrected chi connectivity index (χ4v) is 3.40. The normalized spacial score (nSPS) is 24.6. The summed E-state index contributed by atoms with van der Waals surface area (Å²) in [5, 5.41) is 2.98. The van der Waals surface area contributed by atoms with Crippen molar-refractivity contribution in [2.45, 2.75) is 40.0 Å². The van der Waals surface area contributed by atoms with Gasteiger partial charge in [0.2, 0.25) is 5.91 Å². The third-order valence-corrected chi connectivity index (χ3v) is 5.25. The van der Waals surface area contributed by atoms with Crippen molar-refractivity contribution in [1.29, 1.82) is 0 Å². The van der Waals surface area contributed by atoms with Gasteiger partial charge in [0.25, 0.3) is 0 Å². The van der Waals surface area contributed by atoms with Crippen LogP contribution in [0.1, 0.15) is 40.0 Å². The highest BCUT2D eigenvalue weighted by Crippen LogP contribution is 2.54. The van der Waals surface area contributed by atoms with Crippen LogP contribution >= 0.6 is 15.9 Å². The molecule has 19 heavy (non-hydrogen) atoms. The molecule has 1 aliphatic carbocycles. The van der Waals surface area contributed by atoms with E-state index in [9.17, 15) is 4.79 Å². The maximum Gasteiger partial charge on any atom is 0.224 e. The Morgan fingerprint density at radius 3 is 2.47 bits per heavy atom. The second-order valence-corrected chi connectivity index (χ2v) is 7.03. The third kappa shape index (κ3) is 3.19. The molecule has 2 unspecified atom stereocenters. The summed E-state index contributed by atoms with van der Waals surface area (Å²) in [7, 11) is 0. The average molecular weight is 324 g/mol. The largest absolute Gasteiger partial charge is 0.326 e. The SMILES string of the molecule is CCC1CC(CC(=O)Nc2ccc(Br)cc2)C1(C)C. The molecule has 2 rings (SSSR count). The number of benzene rings is 1. The summed E-state index contributed by atoms with van der Waals surface area (Å²) in [4.78, 5) is 12.1. The van der Waals surface area contributed by atoms with Gasteiger partial charge in [0.05, 0.1) is 0 Å². The smallest absolute Gasteiger partial charge is 0.224 e. The molecule has 0 aliphatic heterocycles. The minimum Gasteiger partial charge on any atom is -0.326 e. The van der Waals surface area contributed by atoms with Crippen LogP contribution in [0, 0.1) is 17.3 Å². The van der Waals surface area contributed by atoms with Gasteiger partial charge in [-0.2, -0.15) is 0 Å². The zero-order valence-electron chi connectivity index (χ0n) is 11.9. The molecule has 1 amide bonds.